The van der Waals surface area contributed by atoms with Crippen LogP contribution in [0.3, 0.4) is 0 Å². The predicted molar refractivity (Wildman–Crippen MR) is 161 cm³/mol. The minimum Gasteiger partial charge on any atom is -0.496 e. The fraction of sp³-hybridized carbons (Fsp3) is 0.500. The molecule has 0 aliphatic carbocycles. The fourth-order valence-electron chi connectivity index (χ4n) is 2.72. The van der Waals surface area contributed by atoms with Gasteiger partial charge in [-0.25, -0.2) is 13.1 Å². The summed E-state index contributed by atoms with van der Waals surface area (Å²) in [6.07, 6.45) is 0. The molecule has 36 heavy (non-hydrogen) atoms. The average molecular weight is 667 g/mol. The molecular formula is C26H38Br2N2O4S2. The Labute approximate surface area is 238 Å². The number of ether oxygens (including phenoxy) is 2. The minimum atomic E-state index is -1.26. The molecule has 2 rings (SSSR count). The van der Waals surface area contributed by atoms with E-state index >= 15 is 0 Å². The standard InChI is InChI=1S/C13H20BrNO2S.C13H18BrNO2S/c2*1-9(15-18(16)13(2,3)4)11-7-6-10(14)8-12(11)17-5/h6-9,15H,1-5H3;6-8H,1-5H3/t9-,18+;18-/m01/s1. The molecule has 0 spiro atoms. The second kappa shape index (κ2) is 14.2. The van der Waals surface area contributed by atoms with E-state index in [4.69, 9.17) is 9.47 Å². The third-order valence-corrected chi connectivity index (χ3v) is 8.95. The zero-order valence-corrected chi connectivity index (χ0v) is 27.5. The van der Waals surface area contributed by atoms with Gasteiger partial charge >= 0.3 is 0 Å². The van der Waals surface area contributed by atoms with Crippen molar-refractivity contribution < 1.29 is 17.9 Å². The maximum atomic E-state index is 12.1. The Bertz CT molecular complexity index is 1110. The summed E-state index contributed by atoms with van der Waals surface area (Å²) in [6, 6.07) is 11.5. The second-order valence-corrected chi connectivity index (χ2v) is 15.7. The van der Waals surface area contributed by atoms with Crippen molar-refractivity contribution in [2.24, 2.45) is 4.40 Å². The number of nitrogens with one attached hydrogen (secondary N) is 1. The molecular weight excluding hydrogens is 628 g/mol. The van der Waals surface area contributed by atoms with Gasteiger partial charge < -0.3 is 9.47 Å². The molecule has 0 fully saturated rings. The molecule has 0 radical (unpaired) electrons. The predicted octanol–water partition coefficient (Wildman–Crippen LogP) is 7.30. The second-order valence-electron chi connectivity index (χ2n) is 9.99. The van der Waals surface area contributed by atoms with Crippen LogP contribution in [0.15, 0.2) is 49.7 Å². The molecule has 2 aromatic carbocycles. The van der Waals surface area contributed by atoms with Crippen molar-refractivity contribution in [3.63, 3.8) is 0 Å². The van der Waals surface area contributed by atoms with Crippen molar-refractivity contribution >= 4 is 59.5 Å². The lowest BCUT2D eigenvalue weighted by Gasteiger charge is -2.23. The van der Waals surface area contributed by atoms with E-state index in [0.717, 1.165) is 31.6 Å². The first kappa shape index (κ1) is 33.0. The molecule has 0 saturated carbocycles. The van der Waals surface area contributed by atoms with Crippen molar-refractivity contribution in [3.05, 3.63) is 56.5 Å². The topological polar surface area (TPSA) is 77.0 Å². The molecule has 1 N–H and O–H groups in total. The third kappa shape index (κ3) is 10.4. The first-order valence-corrected chi connectivity index (χ1v) is 15.2. The molecule has 0 aliphatic rings. The number of benzene rings is 2. The Hall–Kier alpha value is -1.07. The summed E-state index contributed by atoms with van der Waals surface area (Å²) in [7, 11) is 0.884. The third-order valence-electron chi connectivity index (χ3n) is 4.80. The van der Waals surface area contributed by atoms with Crippen LogP contribution in [0.25, 0.3) is 0 Å². The van der Waals surface area contributed by atoms with Crippen LogP contribution in [-0.2, 0) is 22.0 Å². The summed E-state index contributed by atoms with van der Waals surface area (Å²) in [5.41, 5.74) is 2.57. The maximum Gasteiger partial charge on any atom is 0.145 e. The molecule has 6 nitrogen and oxygen atoms in total. The van der Waals surface area contributed by atoms with Gasteiger partial charge in [0, 0.05) is 26.1 Å². The van der Waals surface area contributed by atoms with E-state index in [9.17, 15) is 8.42 Å². The van der Waals surface area contributed by atoms with Gasteiger partial charge in [-0.05, 0) is 85.7 Å². The van der Waals surface area contributed by atoms with Crippen molar-refractivity contribution in [1.82, 2.24) is 4.72 Å². The van der Waals surface area contributed by atoms with Crippen LogP contribution in [0.4, 0.5) is 0 Å². The molecule has 202 valence electrons. The Kier molecular flexibility index (Phi) is 13.0. The molecule has 0 bridgehead atoms. The molecule has 0 aromatic heterocycles. The van der Waals surface area contributed by atoms with Crippen molar-refractivity contribution in [2.75, 3.05) is 14.2 Å². The summed E-state index contributed by atoms with van der Waals surface area (Å²) < 4.78 is 43.3. The number of rotatable bonds is 7. The normalized spacial score (nSPS) is 14.8. The minimum absolute atomic E-state index is 0.0342. The van der Waals surface area contributed by atoms with E-state index in [1.807, 2.05) is 91.8 Å². The SMILES string of the molecule is COc1cc(Br)ccc1C(C)=N[S@](=O)C(C)(C)C.COc1cc(Br)ccc1[C@H](C)N[S@](=O)C(C)(C)C. The Morgan fingerprint density at radius 3 is 1.86 bits per heavy atom. The molecule has 0 saturated heterocycles. The van der Waals surface area contributed by atoms with Crippen molar-refractivity contribution in [2.45, 2.75) is 70.9 Å². The van der Waals surface area contributed by atoms with Crippen molar-refractivity contribution in [3.8, 4) is 11.5 Å². The van der Waals surface area contributed by atoms with Crippen LogP contribution < -0.4 is 14.2 Å². The number of hydrogen-bond donors (Lipinski definition) is 1. The highest BCUT2D eigenvalue weighted by atomic mass is 79.9. The van der Waals surface area contributed by atoms with Crippen LogP contribution in [0, 0.1) is 0 Å². The van der Waals surface area contributed by atoms with Gasteiger partial charge in [0.25, 0.3) is 0 Å². The maximum absolute atomic E-state index is 12.1. The zero-order chi connectivity index (χ0) is 27.8. The van der Waals surface area contributed by atoms with Crippen LogP contribution >= 0.6 is 31.9 Å². The number of halogens is 2. The smallest absolute Gasteiger partial charge is 0.145 e. The molecule has 10 heteroatoms. The first-order chi connectivity index (χ1) is 16.5. The number of methoxy groups -OCH3 is 2. The van der Waals surface area contributed by atoms with Crippen LogP contribution in [-0.4, -0.2) is 37.8 Å². The fourth-order valence-corrected chi connectivity index (χ4v) is 4.82. The highest BCUT2D eigenvalue weighted by molar-refractivity contribution is 9.10. The largest absolute Gasteiger partial charge is 0.496 e. The summed E-state index contributed by atoms with van der Waals surface area (Å²) >= 11 is 6.80. The van der Waals surface area contributed by atoms with Gasteiger partial charge in [0.05, 0.1) is 40.4 Å². The first-order valence-electron chi connectivity index (χ1n) is 11.3. The Balaban J connectivity index is 0.000000360. The highest BCUT2D eigenvalue weighted by Gasteiger charge is 2.23. The van der Waals surface area contributed by atoms with Gasteiger partial charge in [0.15, 0.2) is 0 Å². The average Bonchev–Trinajstić information content (AvgIpc) is 2.77. The van der Waals surface area contributed by atoms with Gasteiger partial charge in [0.1, 0.15) is 22.5 Å². The highest BCUT2D eigenvalue weighted by Crippen LogP contribution is 2.29. The van der Waals surface area contributed by atoms with Gasteiger partial charge in [-0.1, -0.05) is 37.9 Å². The van der Waals surface area contributed by atoms with E-state index < -0.39 is 22.0 Å². The summed E-state index contributed by atoms with van der Waals surface area (Å²) in [5, 5.41) is 0. The van der Waals surface area contributed by atoms with Crippen LogP contribution in [0.5, 0.6) is 11.5 Å². The molecule has 0 heterocycles. The van der Waals surface area contributed by atoms with Crippen LogP contribution in [0.2, 0.25) is 0 Å². The summed E-state index contributed by atoms with van der Waals surface area (Å²) in [5.74, 6) is 1.51. The van der Waals surface area contributed by atoms with Crippen LogP contribution in [0.1, 0.15) is 72.6 Å². The van der Waals surface area contributed by atoms with E-state index in [2.05, 4.69) is 41.0 Å². The molecule has 2 aromatic rings. The lowest BCUT2D eigenvalue weighted by molar-refractivity contribution is 0.405. The quantitative estimate of drug-likeness (QED) is 0.315. The molecule has 0 unspecified atom stereocenters. The van der Waals surface area contributed by atoms with Gasteiger partial charge in [-0.15, -0.1) is 0 Å². The molecule has 3 atom stereocenters. The molecule has 0 amide bonds. The number of hydrogen-bond acceptors (Lipinski definition) is 4. The van der Waals surface area contributed by atoms with E-state index in [1.54, 1.807) is 14.2 Å². The summed E-state index contributed by atoms with van der Waals surface area (Å²) in [6.45, 7) is 15.4. The Morgan fingerprint density at radius 2 is 1.39 bits per heavy atom. The van der Waals surface area contributed by atoms with E-state index in [0.29, 0.717) is 5.71 Å². The van der Waals surface area contributed by atoms with Gasteiger partial charge in [0.2, 0.25) is 0 Å². The summed E-state index contributed by atoms with van der Waals surface area (Å²) in [4.78, 5) is 0. The van der Waals surface area contributed by atoms with Crippen molar-refractivity contribution in [1.29, 1.82) is 0 Å². The lowest BCUT2D eigenvalue weighted by atomic mass is 10.1. The van der Waals surface area contributed by atoms with Gasteiger partial charge in [-0.3, -0.25) is 0 Å². The van der Waals surface area contributed by atoms with E-state index in [1.165, 1.54) is 0 Å². The Morgan fingerprint density at radius 1 is 0.889 bits per heavy atom. The van der Waals surface area contributed by atoms with E-state index in [-0.39, 0.29) is 15.5 Å². The zero-order valence-electron chi connectivity index (χ0n) is 22.7. The monoisotopic (exact) mass is 664 g/mol. The van der Waals surface area contributed by atoms with Gasteiger partial charge in [-0.2, -0.15) is 4.40 Å². The lowest BCUT2D eigenvalue weighted by Crippen LogP contribution is -2.34. The molecule has 0 aliphatic heterocycles. The number of nitrogens with zero attached hydrogens (tertiary/aromatic N) is 1.